The third kappa shape index (κ3) is 2.36. The Kier molecular flexibility index (Phi) is 3.77. The zero-order valence-electron chi connectivity index (χ0n) is 8.60. The van der Waals surface area contributed by atoms with E-state index >= 15 is 0 Å². The lowest BCUT2D eigenvalue weighted by molar-refractivity contribution is 1.45. The third-order valence-electron chi connectivity index (χ3n) is 2.42. The van der Waals surface area contributed by atoms with Crippen molar-refractivity contribution in [2.45, 2.75) is 6.92 Å². The molecule has 0 N–H and O–H groups in total. The van der Waals surface area contributed by atoms with Gasteiger partial charge in [-0.05, 0) is 58.8 Å². The van der Waals surface area contributed by atoms with E-state index in [1.807, 2.05) is 30.3 Å². The lowest BCUT2D eigenvalue weighted by atomic mass is 10.0. The molecule has 0 nitrogen and oxygen atoms in total. The smallest absolute Gasteiger partial charge is 0.0487 e. The van der Waals surface area contributed by atoms with Gasteiger partial charge >= 0.3 is 0 Å². The highest BCUT2D eigenvalue weighted by Crippen LogP contribution is 2.35. The van der Waals surface area contributed by atoms with Gasteiger partial charge < -0.3 is 0 Å². The first-order valence-corrected chi connectivity index (χ1v) is 6.63. The van der Waals surface area contributed by atoms with E-state index in [-0.39, 0.29) is 0 Å². The minimum Gasteiger partial charge on any atom is -0.0843 e. The summed E-state index contributed by atoms with van der Waals surface area (Å²) < 4.78 is 1.11. The van der Waals surface area contributed by atoms with Gasteiger partial charge in [0, 0.05) is 19.2 Å². The molecule has 82 valence electrons. The molecule has 0 bridgehead atoms. The maximum absolute atomic E-state index is 6.24. The van der Waals surface area contributed by atoms with Crippen LogP contribution in [0.15, 0.2) is 36.4 Å². The zero-order chi connectivity index (χ0) is 11.7. The van der Waals surface area contributed by atoms with Gasteiger partial charge in [-0.15, -0.1) is 0 Å². The van der Waals surface area contributed by atoms with Crippen LogP contribution in [-0.2, 0) is 0 Å². The molecule has 0 saturated heterocycles. The van der Waals surface area contributed by atoms with Crippen molar-refractivity contribution in [2.24, 2.45) is 0 Å². The fraction of sp³-hybridized carbons (Fsp3) is 0.0769. The number of benzene rings is 2. The van der Waals surface area contributed by atoms with E-state index in [1.54, 1.807) is 0 Å². The molecule has 0 amide bonds. The maximum Gasteiger partial charge on any atom is 0.0487 e. The van der Waals surface area contributed by atoms with E-state index in [4.69, 9.17) is 23.2 Å². The molecule has 0 aliphatic heterocycles. The van der Waals surface area contributed by atoms with Gasteiger partial charge in [0.05, 0.1) is 0 Å². The van der Waals surface area contributed by atoms with Crippen LogP contribution in [0.1, 0.15) is 5.56 Å². The molecule has 0 aromatic heterocycles. The monoisotopic (exact) mass is 362 g/mol. The number of aryl methyl sites for hydroxylation is 1. The average molecular weight is 363 g/mol. The van der Waals surface area contributed by atoms with E-state index in [0.717, 1.165) is 24.7 Å². The lowest BCUT2D eigenvalue weighted by Gasteiger charge is -2.10. The summed E-state index contributed by atoms with van der Waals surface area (Å²) >= 11 is 14.5. The molecule has 2 aromatic rings. The van der Waals surface area contributed by atoms with Crippen molar-refractivity contribution in [2.75, 3.05) is 0 Å². The Morgan fingerprint density at radius 2 is 1.81 bits per heavy atom. The van der Waals surface area contributed by atoms with E-state index < -0.39 is 0 Å². The molecule has 0 radical (unpaired) electrons. The number of hydrogen-bond acceptors (Lipinski definition) is 0. The van der Waals surface area contributed by atoms with Gasteiger partial charge in [-0.1, -0.05) is 41.4 Å². The normalized spacial score (nSPS) is 10.5. The number of hydrogen-bond donors (Lipinski definition) is 0. The van der Waals surface area contributed by atoms with Crippen LogP contribution >= 0.6 is 45.8 Å². The van der Waals surface area contributed by atoms with Crippen molar-refractivity contribution in [1.82, 2.24) is 0 Å². The Morgan fingerprint density at radius 1 is 1.06 bits per heavy atom. The van der Waals surface area contributed by atoms with Gasteiger partial charge in [0.1, 0.15) is 0 Å². The van der Waals surface area contributed by atoms with Crippen LogP contribution in [0.3, 0.4) is 0 Å². The van der Waals surface area contributed by atoms with Crippen LogP contribution in [0.4, 0.5) is 0 Å². The molecule has 0 heterocycles. The van der Waals surface area contributed by atoms with Crippen molar-refractivity contribution >= 4 is 45.8 Å². The quantitative estimate of drug-likeness (QED) is 0.581. The van der Waals surface area contributed by atoms with E-state index in [0.29, 0.717) is 0 Å². The molecule has 0 spiro atoms. The maximum atomic E-state index is 6.24. The standard InChI is InChI=1S/C13H9Cl2I/c1-8-3-2-4-11(15)13(8)10-6-5-9(14)7-12(10)16/h2-7H,1H3. The molecular weight excluding hydrogens is 354 g/mol. The summed E-state index contributed by atoms with van der Waals surface area (Å²) in [7, 11) is 0. The van der Waals surface area contributed by atoms with Crippen LogP contribution in [0.2, 0.25) is 10.0 Å². The SMILES string of the molecule is Cc1cccc(Cl)c1-c1ccc(Cl)cc1I. The number of rotatable bonds is 1. The summed E-state index contributed by atoms with van der Waals surface area (Å²) in [5, 5.41) is 1.53. The van der Waals surface area contributed by atoms with Gasteiger partial charge in [0.15, 0.2) is 0 Å². The molecule has 2 rings (SSSR count). The fourth-order valence-corrected chi connectivity index (χ4v) is 3.13. The predicted octanol–water partition coefficient (Wildman–Crippen LogP) is 5.57. The molecule has 3 heteroatoms. The summed E-state index contributed by atoms with van der Waals surface area (Å²) in [6, 6.07) is 11.8. The van der Waals surface area contributed by atoms with Crippen LogP contribution in [0.5, 0.6) is 0 Å². The third-order valence-corrected chi connectivity index (χ3v) is 3.86. The summed E-state index contributed by atoms with van der Waals surface area (Å²) in [5.41, 5.74) is 3.39. The highest BCUT2D eigenvalue weighted by atomic mass is 127. The molecular formula is C13H9Cl2I. The Balaban J connectivity index is 2.68. The van der Waals surface area contributed by atoms with Gasteiger partial charge in [-0.2, -0.15) is 0 Å². The zero-order valence-corrected chi connectivity index (χ0v) is 12.3. The van der Waals surface area contributed by atoms with Gasteiger partial charge in [-0.3, -0.25) is 0 Å². The summed E-state index contributed by atoms with van der Waals surface area (Å²) in [4.78, 5) is 0. The molecule has 0 fully saturated rings. The molecule has 0 aliphatic carbocycles. The second-order valence-electron chi connectivity index (χ2n) is 3.56. The van der Waals surface area contributed by atoms with Gasteiger partial charge in [0.2, 0.25) is 0 Å². The Hall–Kier alpha value is -0.250. The minimum absolute atomic E-state index is 0.748. The average Bonchev–Trinajstić information content (AvgIpc) is 2.20. The van der Waals surface area contributed by atoms with Gasteiger partial charge in [0.25, 0.3) is 0 Å². The highest BCUT2D eigenvalue weighted by Gasteiger charge is 2.09. The van der Waals surface area contributed by atoms with Crippen LogP contribution in [0, 0.1) is 10.5 Å². The summed E-state index contributed by atoms with van der Waals surface area (Å²) in [5.74, 6) is 0. The predicted molar refractivity (Wildman–Crippen MR) is 79.4 cm³/mol. The van der Waals surface area contributed by atoms with Crippen LogP contribution in [0.25, 0.3) is 11.1 Å². The van der Waals surface area contributed by atoms with Gasteiger partial charge in [-0.25, -0.2) is 0 Å². The number of halogens is 3. The summed E-state index contributed by atoms with van der Waals surface area (Å²) in [6.07, 6.45) is 0. The van der Waals surface area contributed by atoms with Crippen molar-refractivity contribution in [1.29, 1.82) is 0 Å². The molecule has 0 atom stereocenters. The Morgan fingerprint density at radius 3 is 2.44 bits per heavy atom. The van der Waals surface area contributed by atoms with E-state index in [1.165, 1.54) is 5.56 Å². The lowest BCUT2D eigenvalue weighted by Crippen LogP contribution is -1.88. The van der Waals surface area contributed by atoms with E-state index in [2.05, 4.69) is 35.6 Å². The molecule has 0 unspecified atom stereocenters. The summed E-state index contributed by atoms with van der Waals surface area (Å²) in [6.45, 7) is 2.06. The Bertz CT molecular complexity index is 515. The molecule has 0 aliphatic rings. The molecule has 16 heavy (non-hydrogen) atoms. The molecule has 2 aromatic carbocycles. The Labute approximate surface area is 119 Å². The second-order valence-corrected chi connectivity index (χ2v) is 5.56. The fourth-order valence-electron chi connectivity index (χ4n) is 1.67. The second kappa shape index (κ2) is 4.94. The largest absolute Gasteiger partial charge is 0.0843 e. The van der Waals surface area contributed by atoms with Crippen molar-refractivity contribution in [3.63, 3.8) is 0 Å². The van der Waals surface area contributed by atoms with Crippen molar-refractivity contribution < 1.29 is 0 Å². The first kappa shape index (κ1) is 12.2. The van der Waals surface area contributed by atoms with Crippen molar-refractivity contribution in [3.05, 3.63) is 55.6 Å². The van der Waals surface area contributed by atoms with Crippen LogP contribution in [-0.4, -0.2) is 0 Å². The topological polar surface area (TPSA) is 0 Å². The van der Waals surface area contributed by atoms with E-state index in [9.17, 15) is 0 Å². The van der Waals surface area contributed by atoms with Crippen molar-refractivity contribution in [3.8, 4) is 11.1 Å². The van der Waals surface area contributed by atoms with Crippen LogP contribution < -0.4 is 0 Å². The molecule has 0 saturated carbocycles. The first-order valence-electron chi connectivity index (χ1n) is 4.80. The first-order chi connectivity index (χ1) is 7.59. The minimum atomic E-state index is 0.748. The highest BCUT2D eigenvalue weighted by molar-refractivity contribution is 14.1.